The zero-order valence-corrected chi connectivity index (χ0v) is 6.56. The molecule has 1 aliphatic rings. The van der Waals surface area contributed by atoms with Gasteiger partial charge in [0.1, 0.15) is 5.25 Å². The first-order valence-corrected chi connectivity index (χ1v) is 5.05. The highest BCUT2D eigenvalue weighted by Gasteiger charge is 2.32. The molecule has 0 aromatic carbocycles. The van der Waals surface area contributed by atoms with Crippen molar-refractivity contribution in [3.8, 4) is 0 Å². The zero-order chi connectivity index (χ0) is 7.78. The molecule has 1 saturated heterocycles. The van der Waals surface area contributed by atoms with Gasteiger partial charge in [-0.05, 0) is 0 Å². The summed E-state index contributed by atoms with van der Waals surface area (Å²) in [7, 11) is -3.06. The van der Waals surface area contributed by atoms with Crippen molar-refractivity contribution in [2.75, 3.05) is 19.3 Å². The molecule has 0 aliphatic carbocycles. The summed E-state index contributed by atoms with van der Waals surface area (Å²) in [5.74, 6) is 0. The van der Waals surface area contributed by atoms with Crippen LogP contribution in [-0.4, -0.2) is 44.2 Å². The third-order valence-corrected chi connectivity index (χ3v) is 3.26. The minimum absolute atomic E-state index is 0.375. The molecule has 0 radical (unpaired) electrons. The van der Waals surface area contributed by atoms with Crippen LogP contribution >= 0.6 is 0 Å². The molecule has 4 nitrogen and oxygen atoms in total. The number of β-amino-alcohol motifs (C(OH)–C–C–N with tert-alkyl or cyclic N) is 1. The van der Waals surface area contributed by atoms with Crippen molar-refractivity contribution in [3.05, 3.63) is 0 Å². The second kappa shape index (κ2) is 2.48. The number of sulfone groups is 1. The van der Waals surface area contributed by atoms with Gasteiger partial charge in [0.05, 0.1) is 6.10 Å². The highest BCUT2D eigenvalue weighted by atomic mass is 32.2. The molecule has 2 atom stereocenters. The Morgan fingerprint density at radius 1 is 1.50 bits per heavy atom. The summed E-state index contributed by atoms with van der Waals surface area (Å²) in [5, 5.41) is 11.3. The van der Waals surface area contributed by atoms with Gasteiger partial charge in [0.15, 0.2) is 9.84 Å². The quantitative estimate of drug-likeness (QED) is 0.489. The molecular formula is C5H11NO3S. The van der Waals surface area contributed by atoms with Gasteiger partial charge in [0.25, 0.3) is 0 Å². The van der Waals surface area contributed by atoms with E-state index in [4.69, 9.17) is 5.11 Å². The number of nitrogens with one attached hydrogen (secondary N) is 1. The number of hydrogen-bond donors (Lipinski definition) is 2. The Labute approximate surface area is 60.2 Å². The lowest BCUT2D eigenvalue weighted by atomic mass is 10.3. The lowest BCUT2D eigenvalue weighted by Crippen LogP contribution is -2.31. The van der Waals surface area contributed by atoms with E-state index in [-0.39, 0.29) is 0 Å². The smallest absolute Gasteiger partial charge is 0.154 e. The van der Waals surface area contributed by atoms with Crippen molar-refractivity contribution in [2.45, 2.75) is 11.4 Å². The van der Waals surface area contributed by atoms with Crippen molar-refractivity contribution in [2.24, 2.45) is 0 Å². The van der Waals surface area contributed by atoms with Gasteiger partial charge in [-0.25, -0.2) is 8.42 Å². The Bertz CT molecular complexity index is 211. The van der Waals surface area contributed by atoms with Crippen LogP contribution in [0.25, 0.3) is 0 Å². The Morgan fingerprint density at radius 2 is 2.10 bits per heavy atom. The van der Waals surface area contributed by atoms with E-state index in [1.807, 2.05) is 0 Å². The van der Waals surface area contributed by atoms with Crippen LogP contribution in [0.15, 0.2) is 0 Å². The van der Waals surface area contributed by atoms with Crippen LogP contribution in [0.2, 0.25) is 0 Å². The largest absolute Gasteiger partial charge is 0.390 e. The second-order valence-electron chi connectivity index (χ2n) is 2.59. The van der Waals surface area contributed by atoms with Crippen molar-refractivity contribution >= 4 is 9.84 Å². The molecule has 0 aromatic rings. The van der Waals surface area contributed by atoms with Gasteiger partial charge in [-0.1, -0.05) is 0 Å². The molecule has 2 N–H and O–H groups in total. The van der Waals surface area contributed by atoms with Gasteiger partial charge in [-0.3, -0.25) is 0 Å². The predicted molar refractivity (Wildman–Crippen MR) is 37.5 cm³/mol. The summed E-state index contributed by atoms with van der Waals surface area (Å²) in [4.78, 5) is 0. The zero-order valence-electron chi connectivity index (χ0n) is 5.74. The molecule has 60 valence electrons. The van der Waals surface area contributed by atoms with Crippen molar-refractivity contribution in [3.63, 3.8) is 0 Å². The first kappa shape index (κ1) is 7.97. The maximum Gasteiger partial charge on any atom is 0.154 e. The van der Waals surface area contributed by atoms with Gasteiger partial charge < -0.3 is 10.4 Å². The fourth-order valence-corrected chi connectivity index (χ4v) is 2.17. The summed E-state index contributed by atoms with van der Waals surface area (Å²) >= 11 is 0. The van der Waals surface area contributed by atoms with E-state index >= 15 is 0 Å². The van der Waals surface area contributed by atoms with Crippen molar-refractivity contribution < 1.29 is 13.5 Å². The van der Waals surface area contributed by atoms with Gasteiger partial charge >= 0.3 is 0 Å². The Balaban J connectivity index is 2.74. The Morgan fingerprint density at radius 3 is 2.30 bits per heavy atom. The topological polar surface area (TPSA) is 66.4 Å². The van der Waals surface area contributed by atoms with Crippen LogP contribution in [0.4, 0.5) is 0 Å². The lowest BCUT2D eigenvalue weighted by molar-refractivity contribution is 0.198. The number of aliphatic hydroxyl groups excluding tert-OH is 1. The van der Waals surface area contributed by atoms with E-state index in [1.54, 1.807) is 0 Å². The minimum atomic E-state index is -3.06. The Hall–Kier alpha value is -0.130. The fourth-order valence-electron chi connectivity index (χ4n) is 1.08. The van der Waals surface area contributed by atoms with E-state index in [9.17, 15) is 8.42 Å². The molecule has 0 aromatic heterocycles. The van der Waals surface area contributed by atoms with Crippen molar-refractivity contribution in [1.82, 2.24) is 5.32 Å². The standard InChI is InChI=1S/C5H11NO3S/c1-10(8,9)5-3-6-2-4(5)7/h4-7H,2-3H2,1H3/t4-,5-/m0/s1. The van der Waals surface area contributed by atoms with E-state index in [0.29, 0.717) is 13.1 Å². The maximum atomic E-state index is 10.8. The molecule has 1 heterocycles. The Kier molecular flexibility index (Phi) is 1.98. The molecule has 0 amide bonds. The van der Waals surface area contributed by atoms with Crippen LogP contribution in [0.3, 0.4) is 0 Å². The fraction of sp³-hybridized carbons (Fsp3) is 1.00. The molecule has 0 unspecified atom stereocenters. The second-order valence-corrected chi connectivity index (χ2v) is 4.86. The van der Waals surface area contributed by atoms with Crippen LogP contribution in [0, 0.1) is 0 Å². The van der Waals surface area contributed by atoms with Crippen LogP contribution < -0.4 is 5.32 Å². The first-order chi connectivity index (χ1) is 4.52. The molecule has 1 rings (SSSR count). The summed E-state index contributed by atoms with van der Waals surface area (Å²) in [6, 6.07) is 0. The first-order valence-electron chi connectivity index (χ1n) is 3.09. The monoisotopic (exact) mass is 165 g/mol. The summed E-state index contributed by atoms with van der Waals surface area (Å²) in [6.45, 7) is 0.762. The van der Waals surface area contributed by atoms with Crippen molar-refractivity contribution in [1.29, 1.82) is 0 Å². The number of rotatable bonds is 1. The lowest BCUT2D eigenvalue weighted by Gasteiger charge is -2.09. The highest BCUT2D eigenvalue weighted by Crippen LogP contribution is 2.08. The van der Waals surface area contributed by atoms with E-state index in [1.165, 1.54) is 0 Å². The average Bonchev–Trinajstić information content (AvgIpc) is 2.11. The summed E-state index contributed by atoms with van der Waals surface area (Å²) in [5.41, 5.74) is 0. The van der Waals surface area contributed by atoms with E-state index in [0.717, 1.165) is 6.26 Å². The number of aliphatic hydroxyl groups is 1. The SMILES string of the molecule is CS(=O)(=O)[C@H]1CNC[C@@H]1O. The maximum absolute atomic E-state index is 10.8. The molecular weight excluding hydrogens is 154 g/mol. The predicted octanol–water partition coefficient (Wildman–Crippen LogP) is -1.64. The number of hydrogen-bond acceptors (Lipinski definition) is 4. The third kappa shape index (κ3) is 1.47. The van der Waals surface area contributed by atoms with Crippen LogP contribution in [0.5, 0.6) is 0 Å². The van der Waals surface area contributed by atoms with Gasteiger partial charge in [0.2, 0.25) is 0 Å². The van der Waals surface area contributed by atoms with Gasteiger partial charge in [-0.2, -0.15) is 0 Å². The highest BCUT2D eigenvalue weighted by molar-refractivity contribution is 7.91. The normalized spacial score (nSPS) is 34.6. The molecule has 0 bridgehead atoms. The van der Waals surface area contributed by atoms with Crippen LogP contribution in [-0.2, 0) is 9.84 Å². The molecule has 10 heavy (non-hydrogen) atoms. The average molecular weight is 165 g/mol. The van der Waals surface area contributed by atoms with Crippen LogP contribution in [0.1, 0.15) is 0 Å². The minimum Gasteiger partial charge on any atom is -0.390 e. The third-order valence-electron chi connectivity index (χ3n) is 1.68. The molecule has 1 aliphatic heterocycles. The summed E-state index contributed by atoms with van der Waals surface area (Å²) in [6.07, 6.45) is 0.420. The molecule has 0 saturated carbocycles. The summed E-state index contributed by atoms with van der Waals surface area (Å²) < 4.78 is 21.7. The van der Waals surface area contributed by atoms with Gasteiger partial charge in [0, 0.05) is 19.3 Å². The van der Waals surface area contributed by atoms with E-state index < -0.39 is 21.2 Å². The molecule has 5 heteroatoms. The van der Waals surface area contributed by atoms with E-state index in [2.05, 4.69) is 5.32 Å². The molecule has 1 fully saturated rings. The molecule has 0 spiro atoms. The van der Waals surface area contributed by atoms with Gasteiger partial charge in [-0.15, -0.1) is 0 Å².